The third kappa shape index (κ3) is 3.77. The molecule has 0 atom stereocenters. The molecule has 0 saturated heterocycles. The van der Waals surface area contributed by atoms with Crippen molar-refractivity contribution in [2.24, 2.45) is 4.99 Å². The highest BCUT2D eigenvalue weighted by atomic mass is 35.5. The maximum atomic E-state index is 13.8. The van der Waals surface area contributed by atoms with Gasteiger partial charge < -0.3 is 0 Å². The molecule has 4 aromatic rings. The van der Waals surface area contributed by atoms with Crippen molar-refractivity contribution in [1.82, 2.24) is 9.78 Å². The Hall–Kier alpha value is -3.44. The van der Waals surface area contributed by atoms with Crippen molar-refractivity contribution in [2.75, 3.05) is 0 Å². The fourth-order valence-corrected chi connectivity index (χ4v) is 3.27. The third-order valence-corrected chi connectivity index (χ3v) is 4.84. The van der Waals surface area contributed by atoms with E-state index in [1.165, 1.54) is 16.8 Å². The van der Waals surface area contributed by atoms with Gasteiger partial charge in [0, 0.05) is 11.6 Å². The highest BCUT2D eigenvalue weighted by molar-refractivity contribution is 6.30. The minimum atomic E-state index is -0.556. The fraction of sp³-hybridized carbons (Fsp3) is 0.0435. The van der Waals surface area contributed by atoms with Crippen molar-refractivity contribution in [3.8, 4) is 16.9 Å². The molecule has 144 valence electrons. The van der Waals surface area contributed by atoms with Crippen molar-refractivity contribution in [3.05, 3.63) is 106 Å². The summed E-state index contributed by atoms with van der Waals surface area (Å²) in [6, 6.07) is 23.1. The molecule has 3 aromatic carbocycles. The Bertz CT molecular complexity index is 1240. The van der Waals surface area contributed by atoms with Crippen LogP contribution in [0.1, 0.15) is 12.5 Å². The van der Waals surface area contributed by atoms with Gasteiger partial charge in [-0.05, 0) is 31.2 Å². The van der Waals surface area contributed by atoms with Gasteiger partial charge in [-0.3, -0.25) is 14.9 Å². The molecule has 0 unspecified atom stereocenters. The zero-order valence-electron chi connectivity index (χ0n) is 15.6. The van der Waals surface area contributed by atoms with Gasteiger partial charge in [0.2, 0.25) is 0 Å². The van der Waals surface area contributed by atoms with Crippen LogP contribution in [0.2, 0.25) is 5.02 Å². The summed E-state index contributed by atoms with van der Waals surface area (Å²) in [5, 5.41) is 3.23. The van der Waals surface area contributed by atoms with Gasteiger partial charge in [0.15, 0.2) is 0 Å². The summed E-state index contributed by atoms with van der Waals surface area (Å²) >= 11 is 5.75. The molecule has 0 bridgehead atoms. The van der Waals surface area contributed by atoms with Crippen LogP contribution in [0.4, 0.5) is 10.1 Å². The van der Waals surface area contributed by atoms with E-state index in [1.807, 2.05) is 60.7 Å². The minimum Gasteiger partial charge on any atom is -0.290 e. The van der Waals surface area contributed by atoms with Gasteiger partial charge in [0.05, 0.1) is 33.4 Å². The number of rotatable bonds is 4. The van der Waals surface area contributed by atoms with E-state index in [-0.39, 0.29) is 10.6 Å². The van der Waals surface area contributed by atoms with Crippen molar-refractivity contribution < 1.29 is 4.39 Å². The van der Waals surface area contributed by atoms with Crippen LogP contribution in [0.25, 0.3) is 16.9 Å². The van der Waals surface area contributed by atoms with Crippen LogP contribution in [-0.2, 0) is 0 Å². The molecule has 1 heterocycles. The van der Waals surface area contributed by atoms with Crippen LogP contribution < -0.4 is 5.56 Å². The number of hydrogen-bond donors (Lipinski definition) is 1. The summed E-state index contributed by atoms with van der Waals surface area (Å²) in [5.74, 6) is -0.556. The summed E-state index contributed by atoms with van der Waals surface area (Å²) < 4.78 is 15.3. The van der Waals surface area contributed by atoms with E-state index in [9.17, 15) is 9.18 Å². The molecule has 1 N–H and O–H groups in total. The molecule has 0 aliphatic heterocycles. The smallest absolute Gasteiger partial charge is 0.280 e. The largest absolute Gasteiger partial charge is 0.290 e. The molecule has 0 aliphatic rings. The Balaban J connectivity index is 1.91. The Morgan fingerprint density at radius 3 is 2.31 bits per heavy atom. The minimum absolute atomic E-state index is 0.0275. The van der Waals surface area contributed by atoms with Gasteiger partial charge in [0.25, 0.3) is 5.56 Å². The average molecular weight is 406 g/mol. The second-order valence-corrected chi connectivity index (χ2v) is 6.91. The number of aliphatic imine (C=N–C) groups is 1. The van der Waals surface area contributed by atoms with E-state index >= 15 is 0 Å². The van der Waals surface area contributed by atoms with Crippen LogP contribution in [0.15, 0.2) is 88.6 Å². The average Bonchev–Trinajstić information content (AvgIpc) is 3.09. The number of para-hydroxylation sites is 1. The van der Waals surface area contributed by atoms with Gasteiger partial charge in [-0.15, -0.1) is 0 Å². The number of aromatic nitrogens is 2. The van der Waals surface area contributed by atoms with Gasteiger partial charge in [-0.2, -0.15) is 0 Å². The molecule has 4 rings (SSSR count). The van der Waals surface area contributed by atoms with Crippen LogP contribution in [0.5, 0.6) is 0 Å². The van der Waals surface area contributed by atoms with E-state index < -0.39 is 5.82 Å². The summed E-state index contributed by atoms with van der Waals surface area (Å²) in [6.45, 7) is 1.73. The monoisotopic (exact) mass is 405 g/mol. The zero-order valence-corrected chi connectivity index (χ0v) is 16.3. The van der Waals surface area contributed by atoms with Gasteiger partial charge in [-0.25, -0.2) is 9.07 Å². The first kappa shape index (κ1) is 18.9. The van der Waals surface area contributed by atoms with Crippen LogP contribution in [0, 0.1) is 5.82 Å². The highest BCUT2D eigenvalue weighted by Gasteiger charge is 2.19. The summed E-state index contributed by atoms with van der Waals surface area (Å²) in [5.41, 5.74) is 3.27. The standard InChI is InChI=1S/C23H17ClFN3O/c1-15(26-17-12-13-19(24)20(25)14-17)21-22(16-8-4-2-5-9-16)27-28(23(21)29)18-10-6-3-7-11-18/h2-14,27H,1H3. The Morgan fingerprint density at radius 1 is 1.00 bits per heavy atom. The first-order valence-electron chi connectivity index (χ1n) is 9.01. The lowest BCUT2D eigenvalue weighted by atomic mass is 10.1. The zero-order chi connectivity index (χ0) is 20.4. The number of halogens is 2. The van der Waals surface area contributed by atoms with E-state index in [1.54, 1.807) is 13.0 Å². The van der Waals surface area contributed by atoms with Gasteiger partial charge >= 0.3 is 0 Å². The topological polar surface area (TPSA) is 50.1 Å². The van der Waals surface area contributed by atoms with Crippen molar-refractivity contribution in [2.45, 2.75) is 6.92 Å². The number of H-pyrrole nitrogens is 1. The molecule has 0 fully saturated rings. The van der Waals surface area contributed by atoms with E-state index in [0.717, 1.165) is 5.56 Å². The highest BCUT2D eigenvalue weighted by Crippen LogP contribution is 2.25. The number of benzene rings is 3. The fourth-order valence-electron chi connectivity index (χ4n) is 3.15. The summed E-state index contributed by atoms with van der Waals surface area (Å²) in [7, 11) is 0. The van der Waals surface area contributed by atoms with E-state index in [4.69, 9.17) is 11.6 Å². The quantitative estimate of drug-likeness (QED) is 0.431. The van der Waals surface area contributed by atoms with Crippen molar-refractivity contribution in [1.29, 1.82) is 0 Å². The molecule has 29 heavy (non-hydrogen) atoms. The maximum Gasteiger partial charge on any atom is 0.280 e. The molecule has 6 heteroatoms. The van der Waals surface area contributed by atoms with Crippen LogP contribution >= 0.6 is 11.6 Å². The van der Waals surface area contributed by atoms with Crippen LogP contribution in [-0.4, -0.2) is 15.5 Å². The van der Waals surface area contributed by atoms with E-state index in [2.05, 4.69) is 10.1 Å². The second kappa shape index (κ2) is 7.89. The molecule has 1 aromatic heterocycles. The molecule has 0 spiro atoms. The first-order valence-corrected chi connectivity index (χ1v) is 9.39. The molecular formula is C23H17ClFN3O. The predicted octanol–water partition coefficient (Wildman–Crippen LogP) is 5.77. The maximum absolute atomic E-state index is 13.8. The normalized spacial score (nSPS) is 11.6. The van der Waals surface area contributed by atoms with Crippen molar-refractivity contribution >= 4 is 23.0 Å². The lowest BCUT2D eigenvalue weighted by Gasteiger charge is -2.03. The number of hydrogen-bond acceptors (Lipinski definition) is 2. The van der Waals surface area contributed by atoms with Crippen LogP contribution in [0.3, 0.4) is 0 Å². The van der Waals surface area contributed by atoms with Gasteiger partial charge in [-0.1, -0.05) is 60.1 Å². The number of aromatic amines is 1. The predicted molar refractivity (Wildman–Crippen MR) is 115 cm³/mol. The first-order chi connectivity index (χ1) is 14.0. The lowest BCUT2D eigenvalue weighted by molar-refractivity contribution is 0.628. The van der Waals surface area contributed by atoms with Crippen molar-refractivity contribution in [3.63, 3.8) is 0 Å². The Morgan fingerprint density at radius 2 is 1.66 bits per heavy atom. The SMILES string of the molecule is CC(=Nc1ccc(Cl)c(F)c1)c1c(-c2ccccc2)[nH]n(-c2ccccc2)c1=O. The summed E-state index contributed by atoms with van der Waals surface area (Å²) in [4.78, 5) is 17.7. The Kier molecular flexibility index (Phi) is 5.14. The lowest BCUT2D eigenvalue weighted by Crippen LogP contribution is -2.19. The molecule has 0 saturated carbocycles. The molecule has 0 amide bonds. The molecule has 0 aliphatic carbocycles. The molecular weight excluding hydrogens is 389 g/mol. The molecule has 0 radical (unpaired) electrons. The number of nitrogens with one attached hydrogen (secondary N) is 1. The second-order valence-electron chi connectivity index (χ2n) is 6.50. The number of nitrogens with zero attached hydrogens (tertiary/aromatic N) is 2. The third-order valence-electron chi connectivity index (χ3n) is 4.53. The van der Waals surface area contributed by atoms with Gasteiger partial charge in [0.1, 0.15) is 5.82 Å². The molecule has 4 nitrogen and oxygen atoms in total. The summed E-state index contributed by atoms with van der Waals surface area (Å²) in [6.07, 6.45) is 0. The van der Waals surface area contributed by atoms with E-state index in [0.29, 0.717) is 28.3 Å². The Labute approximate surface area is 171 Å².